The quantitative estimate of drug-likeness (QED) is 0.694. The van der Waals surface area contributed by atoms with Crippen LogP contribution in [0.4, 0.5) is 0 Å². The second-order valence-corrected chi connectivity index (χ2v) is 2.81. The molecule has 1 N–H and O–H groups in total. The van der Waals surface area contributed by atoms with Crippen molar-refractivity contribution in [2.75, 3.05) is 0 Å². The molecule has 2 nitrogen and oxygen atoms in total. The first-order chi connectivity index (χ1) is 4.29. The maximum absolute atomic E-state index is 5.72. The van der Waals surface area contributed by atoms with Crippen LogP contribution in [0.3, 0.4) is 0 Å². The third-order valence-electron chi connectivity index (χ3n) is 1.06. The molecule has 1 atom stereocenters. The van der Waals surface area contributed by atoms with Crippen LogP contribution in [-0.2, 0) is 6.42 Å². The molecule has 0 bridgehead atoms. The van der Waals surface area contributed by atoms with Crippen LogP contribution >= 0.6 is 24.0 Å². The Labute approximate surface area is 71.4 Å². The highest BCUT2D eigenvalue weighted by atomic mass is 35.5. The fourth-order valence-electron chi connectivity index (χ4n) is 0.699. The molecule has 0 aromatic carbocycles. The van der Waals surface area contributed by atoms with Crippen LogP contribution in [0.5, 0.6) is 0 Å². The maximum atomic E-state index is 5.72. The summed E-state index contributed by atoms with van der Waals surface area (Å²) in [6.07, 6.45) is 4.31. The van der Waals surface area contributed by atoms with E-state index in [0.717, 1.165) is 12.1 Å². The van der Waals surface area contributed by atoms with Gasteiger partial charge in [-0.3, -0.25) is 0 Å². The zero-order valence-electron chi connectivity index (χ0n) is 5.67. The number of rotatable bonds is 2. The summed E-state index contributed by atoms with van der Waals surface area (Å²) in [5, 5.41) is 0.186. The van der Waals surface area contributed by atoms with E-state index in [9.17, 15) is 0 Å². The molecule has 1 heterocycles. The number of halogens is 2. The van der Waals surface area contributed by atoms with Crippen molar-refractivity contribution in [2.24, 2.45) is 0 Å². The van der Waals surface area contributed by atoms with Gasteiger partial charge >= 0.3 is 0 Å². The second-order valence-electron chi connectivity index (χ2n) is 2.06. The number of nitrogens with one attached hydrogen (secondary N) is 1. The van der Waals surface area contributed by atoms with E-state index >= 15 is 0 Å². The van der Waals surface area contributed by atoms with Gasteiger partial charge in [-0.2, -0.15) is 0 Å². The molecule has 0 fully saturated rings. The van der Waals surface area contributed by atoms with E-state index in [1.807, 2.05) is 6.92 Å². The number of imidazole rings is 1. The summed E-state index contributed by atoms with van der Waals surface area (Å²) < 4.78 is 0. The molecule has 0 saturated carbocycles. The first-order valence-electron chi connectivity index (χ1n) is 2.90. The van der Waals surface area contributed by atoms with Crippen LogP contribution in [0.2, 0.25) is 0 Å². The third kappa shape index (κ3) is 3.08. The minimum atomic E-state index is 0. The van der Waals surface area contributed by atoms with Gasteiger partial charge in [0.2, 0.25) is 0 Å². The van der Waals surface area contributed by atoms with Crippen molar-refractivity contribution in [3.05, 3.63) is 18.2 Å². The molecular weight excluding hydrogens is 171 g/mol. The molecule has 1 aromatic rings. The SMILES string of the molecule is CC(Cl)Cc1cnc[nH]1.Cl. The lowest BCUT2D eigenvalue weighted by Crippen LogP contribution is -1.96. The third-order valence-corrected chi connectivity index (χ3v) is 1.21. The average Bonchev–Trinajstić information content (AvgIpc) is 2.15. The molecule has 0 aliphatic rings. The Bertz CT molecular complexity index is 160. The van der Waals surface area contributed by atoms with E-state index in [4.69, 9.17) is 11.6 Å². The Morgan fingerprint density at radius 1 is 1.80 bits per heavy atom. The van der Waals surface area contributed by atoms with Crippen molar-refractivity contribution < 1.29 is 0 Å². The Hall–Kier alpha value is -0.210. The van der Waals surface area contributed by atoms with Gasteiger partial charge in [0.05, 0.1) is 6.33 Å². The normalized spacial score (nSPS) is 12.2. The first-order valence-corrected chi connectivity index (χ1v) is 3.34. The molecule has 1 aromatic heterocycles. The molecular formula is C6H10Cl2N2. The van der Waals surface area contributed by atoms with Crippen molar-refractivity contribution in [1.29, 1.82) is 0 Å². The number of hydrogen-bond donors (Lipinski definition) is 1. The first kappa shape index (κ1) is 9.79. The number of aromatic nitrogens is 2. The number of H-pyrrole nitrogens is 1. The van der Waals surface area contributed by atoms with E-state index in [2.05, 4.69) is 9.97 Å². The van der Waals surface area contributed by atoms with Crippen molar-refractivity contribution in [2.45, 2.75) is 18.7 Å². The fourth-order valence-corrected chi connectivity index (χ4v) is 0.866. The van der Waals surface area contributed by atoms with E-state index in [0.29, 0.717) is 0 Å². The monoisotopic (exact) mass is 180 g/mol. The van der Waals surface area contributed by atoms with Crippen LogP contribution in [0, 0.1) is 0 Å². The highest BCUT2D eigenvalue weighted by Gasteiger charge is 1.98. The molecule has 0 aliphatic heterocycles. The van der Waals surface area contributed by atoms with Crippen LogP contribution in [-0.4, -0.2) is 15.3 Å². The predicted molar refractivity (Wildman–Crippen MR) is 44.9 cm³/mol. The molecule has 4 heteroatoms. The van der Waals surface area contributed by atoms with Crippen molar-refractivity contribution in [1.82, 2.24) is 9.97 Å². The fraction of sp³-hybridized carbons (Fsp3) is 0.500. The van der Waals surface area contributed by atoms with Gasteiger partial charge in [0, 0.05) is 23.7 Å². The zero-order chi connectivity index (χ0) is 6.69. The molecule has 1 unspecified atom stereocenters. The van der Waals surface area contributed by atoms with Crippen molar-refractivity contribution in [3.63, 3.8) is 0 Å². The van der Waals surface area contributed by atoms with Crippen molar-refractivity contribution in [3.8, 4) is 0 Å². The molecule has 58 valence electrons. The van der Waals surface area contributed by atoms with Crippen LogP contribution in [0.25, 0.3) is 0 Å². The second kappa shape index (κ2) is 4.58. The van der Waals surface area contributed by atoms with E-state index in [1.54, 1.807) is 12.5 Å². The van der Waals surface area contributed by atoms with Crippen molar-refractivity contribution >= 4 is 24.0 Å². The highest BCUT2D eigenvalue weighted by molar-refractivity contribution is 6.20. The zero-order valence-corrected chi connectivity index (χ0v) is 7.25. The maximum Gasteiger partial charge on any atom is 0.0921 e. The van der Waals surface area contributed by atoms with Gasteiger partial charge in [0.1, 0.15) is 0 Å². The van der Waals surface area contributed by atoms with Gasteiger partial charge in [0.15, 0.2) is 0 Å². The standard InChI is InChI=1S/C6H9ClN2.ClH/c1-5(7)2-6-3-8-4-9-6;/h3-5H,2H2,1H3,(H,8,9);1H. The molecule has 0 spiro atoms. The smallest absolute Gasteiger partial charge is 0.0921 e. The lowest BCUT2D eigenvalue weighted by Gasteiger charge is -1.96. The lowest BCUT2D eigenvalue weighted by molar-refractivity contribution is 0.901. The van der Waals surface area contributed by atoms with Gasteiger partial charge in [-0.05, 0) is 6.92 Å². The summed E-state index contributed by atoms with van der Waals surface area (Å²) in [5.74, 6) is 0. The number of alkyl halides is 1. The molecule has 0 aliphatic carbocycles. The predicted octanol–water partition coefficient (Wildman–Crippen LogP) is 2.00. The Morgan fingerprint density at radius 3 is 2.90 bits per heavy atom. The number of nitrogens with zero attached hydrogens (tertiary/aromatic N) is 1. The molecule has 0 amide bonds. The Kier molecular flexibility index (Phi) is 4.49. The highest BCUT2D eigenvalue weighted by Crippen LogP contribution is 2.02. The Balaban J connectivity index is 0.000000810. The largest absolute Gasteiger partial charge is 0.348 e. The van der Waals surface area contributed by atoms with Crippen LogP contribution < -0.4 is 0 Å². The number of aromatic amines is 1. The summed E-state index contributed by atoms with van der Waals surface area (Å²) >= 11 is 5.72. The minimum absolute atomic E-state index is 0. The van der Waals surface area contributed by atoms with Gasteiger partial charge < -0.3 is 4.98 Å². The molecule has 0 saturated heterocycles. The van der Waals surface area contributed by atoms with Gasteiger partial charge in [-0.15, -0.1) is 24.0 Å². The van der Waals surface area contributed by atoms with Gasteiger partial charge in [-0.1, -0.05) is 0 Å². The topological polar surface area (TPSA) is 28.7 Å². The van der Waals surface area contributed by atoms with Crippen LogP contribution in [0.15, 0.2) is 12.5 Å². The summed E-state index contributed by atoms with van der Waals surface area (Å²) in [5.41, 5.74) is 1.09. The Morgan fingerprint density at radius 2 is 2.50 bits per heavy atom. The summed E-state index contributed by atoms with van der Waals surface area (Å²) in [6, 6.07) is 0. The minimum Gasteiger partial charge on any atom is -0.348 e. The van der Waals surface area contributed by atoms with E-state index in [1.165, 1.54) is 0 Å². The molecule has 10 heavy (non-hydrogen) atoms. The number of hydrogen-bond acceptors (Lipinski definition) is 1. The van der Waals surface area contributed by atoms with E-state index < -0.39 is 0 Å². The summed E-state index contributed by atoms with van der Waals surface area (Å²) in [6.45, 7) is 1.96. The summed E-state index contributed by atoms with van der Waals surface area (Å²) in [4.78, 5) is 6.83. The summed E-state index contributed by atoms with van der Waals surface area (Å²) in [7, 11) is 0. The average molecular weight is 181 g/mol. The molecule has 1 rings (SSSR count). The molecule has 0 radical (unpaired) electrons. The van der Waals surface area contributed by atoms with Gasteiger partial charge in [0.25, 0.3) is 0 Å². The van der Waals surface area contributed by atoms with E-state index in [-0.39, 0.29) is 17.8 Å². The van der Waals surface area contributed by atoms with Crippen LogP contribution in [0.1, 0.15) is 12.6 Å². The lowest BCUT2D eigenvalue weighted by atomic mass is 10.3. The van der Waals surface area contributed by atoms with Gasteiger partial charge in [-0.25, -0.2) is 4.98 Å².